The Balaban J connectivity index is 1.29. The molecular formula is C26H34N4. The molecule has 4 aliphatic carbocycles. The SMILES string of the molecule is c1ccc2c(c1)n(CCN1CCCCC1)c1nc(C34CC5CC(CC(C5)C3)C4)cn21. The molecule has 158 valence electrons. The Morgan fingerprint density at radius 3 is 2.20 bits per heavy atom. The van der Waals surface area contributed by atoms with Crippen LogP contribution < -0.4 is 0 Å². The molecule has 0 spiro atoms. The average Bonchev–Trinajstić information content (AvgIpc) is 3.31. The van der Waals surface area contributed by atoms with E-state index < -0.39 is 0 Å². The van der Waals surface area contributed by atoms with Crippen LogP contribution in [0.4, 0.5) is 0 Å². The van der Waals surface area contributed by atoms with Crippen LogP contribution in [0, 0.1) is 17.8 Å². The fourth-order valence-electron chi connectivity index (χ4n) is 8.07. The first-order chi connectivity index (χ1) is 14.8. The molecule has 1 aromatic carbocycles. The molecule has 0 N–H and O–H groups in total. The topological polar surface area (TPSA) is 25.5 Å². The van der Waals surface area contributed by atoms with E-state index in [1.165, 1.54) is 93.4 Å². The van der Waals surface area contributed by atoms with Crippen LogP contribution in [0.15, 0.2) is 30.5 Å². The average molecular weight is 403 g/mol. The van der Waals surface area contributed by atoms with Crippen LogP contribution in [0.3, 0.4) is 0 Å². The van der Waals surface area contributed by atoms with Crippen LogP contribution in [0.2, 0.25) is 0 Å². The van der Waals surface area contributed by atoms with E-state index in [4.69, 9.17) is 4.98 Å². The first-order valence-electron chi connectivity index (χ1n) is 12.5. The van der Waals surface area contributed by atoms with E-state index in [1.54, 1.807) is 0 Å². The lowest BCUT2D eigenvalue weighted by molar-refractivity contribution is -0.00698. The smallest absolute Gasteiger partial charge is 0.215 e. The Kier molecular flexibility index (Phi) is 3.92. The first-order valence-corrected chi connectivity index (χ1v) is 12.5. The van der Waals surface area contributed by atoms with Gasteiger partial charge in [-0.2, -0.15) is 0 Å². The van der Waals surface area contributed by atoms with Crippen LogP contribution >= 0.6 is 0 Å². The predicted molar refractivity (Wildman–Crippen MR) is 121 cm³/mol. The monoisotopic (exact) mass is 402 g/mol. The predicted octanol–water partition coefficient (Wildman–Crippen LogP) is 5.24. The highest BCUT2D eigenvalue weighted by atomic mass is 15.2. The second kappa shape index (κ2) is 6.59. The van der Waals surface area contributed by atoms with E-state index in [-0.39, 0.29) is 0 Å². The van der Waals surface area contributed by atoms with E-state index >= 15 is 0 Å². The minimum absolute atomic E-state index is 0.375. The molecule has 4 bridgehead atoms. The largest absolute Gasteiger partial charge is 0.308 e. The summed E-state index contributed by atoms with van der Waals surface area (Å²) in [6.07, 6.45) is 15.2. The Bertz CT molecular complexity index is 1050. The van der Waals surface area contributed by atoms with Crippen molar-refractivity contribution in [2.75, 3.05) is 19.6 Å². The van der Waals surface area contributed by atoms with Crippen molar-refractivity contribution in [2.45, 2.75) is 69.7 Å². The molecule has 5 aliphatic rings. The minimum atomic E-state index is 0.375. The van der Waals surface area contributed by atoms with E-state index in [1.807, 2.05) is 0 Å². The van der Waals surface area contributed by atoms with Crippen molar-refractivity contribution in [3.63, 3.8) is 0 Å². The quantitative estimate of drug-likeness (QED) is 0.596. The van der Waals surface area contributed by atoms with Gasteiger partial charge in [-0.05, 0) is 94.3 Å². The van der Waals surface area contributed by atoms with E-state index in [9.17, 15) is 0 Å². The number of benzene rings is 1. The van der Waals surface area contributed by atoms with Crippen molar-refractivity contribution in [2.24, 2.45) is 17.8 Å². The number of aromatic nitrogens is 3. The number of piperidine rings is 1. The molecule has 3 aromatic rings. The summed E-state index contributed by atoms with van der Waals surface area (Å²) in [6, 6.07) is 8.93. The number of hydrogen-bond acceptors (Lipinski definition) is 2. The van der Waals surface area contributed by atoms with Crippen LogP contribution in [-0.4, -0.2) is 38.5 Å². The number of imidazole rings is 2. The molecule has 30 heavy (non-hydrogen) atoms. The van der Waals surface area contributed by atoms with Gasteiger partial charge in [0.15, 0.2) is 0 Å². The maximum atomic E-state index is 5.41. The number of fused-ring (bicyclic) bond motifs is 3. The van der Waals surface area contributed by atoms with Gasteiger partial charge in [-0.25, -0.2) is 4.98 Å². The first kappa shape index (κ1) is 17.8. The molecule has 0 amide bonds. The highest BCUT2D eigenvalue weighted by Crippen LogP contribution is 2.60. The Morgan fingerprint density at radius 2 is 1.50 bits per heavy atom. The summed E-state index contributed by atoms with van der Waals surface area (Å²) < 4.78 is 4.92. The van der Waals surface area contributed by atoms with Crippen molar-refractivity contribution < 1.29 is 0 Å². The molecule has 1 saturated heterocycles. The van der Waals surface area contributed by atoms with Gasteiger partial charge < -0.3 is 9.47 Å². The Labute approximate surface area is 179 Å². The van der Waals surface area contributed by atoms with Gasteiger partial charge in [-0.1, -0.05) is 18.6 Å². The van der Waals surface area contributed by atoms with Gasteiger partial charge in [-0.15, -0.1) is 0 Å². The van der Waals surface area contributed by atoms with Gasteiger partial charge in [-0.3, -0.25) is 4.40 Å². The summed E-state index contributed by atoms with van der Waals surface area (Å²) in [7, 11) is 0. The van der Waals surface area contributed by atoms with Crippen LogP contribution in [0.25, 0.3) is 16.8 Å². The molecule has 1 aliphatic heterocycles. The number of nitrogens with zero attached hydrogens (tertiary/aromatic N) is 4. The van der Waals surface area contributed by atoms with E-state index in [0.29, 0.717) is 5.41 Å². The fraction of sp³-hybridized carbons (Fsp3) is 0.654. The van der Waals surface area contributed by atoms with Crippen molar-refractivity contribution >= 4 is 16.8 Å². The van der Waals surface area contributed by atoms with Gasteiger partial charge in [0.25, 0.3) is 0 Å². The lowest BCUT2D eigenvalue weighted by atomic mass is 9.49. The van der Waals surface area contributed by atoms with Gasteiger partial charge >= 0.3 is 0 Å². The molecule has 4 heteroatoms. The maximum absolute atomic E-state index is 5.41. The summed E-state index contributed by atoms with van der Waals surface area (Å²) in [5.74, 6) is 4.08. The Morgan fingerprint density at radius 1 is 0.833 bits per heavy atom. The molecular weight excluding hydrogens is 368 g/mol. The van der Waals surface area contributed by atoms with Crippen molar-refractivity contribution in [1.29, 1.82) is 0 Å². The van der Waals surface area contributed by atoms with Gasteiger partial charge in [0.1, 0.15) is 0 Å². The second-order valence-corrected chi connectivity index (χ2v) is 11.0. The van der Waals surface area contributed by atoms with Crippen molar-refractivity contribution in [1.82, 2.24) is 18.9 Å². The number of hydrogen-bond donors (Lipinski definition) is 0. The van der Waals surface area contributed by atoms with Crippen LogP contribution in [0.5, 0.6) is 0 Å². The maximum Gasteiger partial charge on any atom is 0.215 e. The zero-order valence-corrected chi connectivity index (χ0v) is 18.1. The molecule has 5 fully saturated rings. The van der Waals surface area contributed by atoms with Gasteiger partial charge in [0.05, 0.1) is 16.7 Å². The third-order valence-electron chi connectivity index (χ3n) is 9.03. The summed E-state index contributed by atoms with van der Waals surface area (Å²) in [6.45, 7) is 4.73. The minimum Gasteiger partial charge on any atom is -0.308 e. The number of para-hydroxylation sites is 2. The molecule has 4 nitrogen and oxygen atoms in total. The molecule has 0 unspecified atom stereocenters. The second-order valence-electron chi connectivity index (χ2n) is 11.0. The van der Waals surface area contributed by atoms with Crippen molar-refractivity contribution in [3.8, 4) is 0 Å². The molecule has 0 atom stereocenters. The normalized spacial score (nSPS) is 33.8. The molecule has 4 saturated carbocycles. The summed E-state index contributed by atoms with van der Waals surface area (Å²) in [5.41, 5.74) is 4.46. The number of rotatable bonds is 4. The molecule has 0 radical (unpaired) electrons. The lowest BCUT2D eigenvalue weighted by Crippen LogP contribution is -2.48. The highest BCUT2D eigenvalue weighted by Gasteiger charge is 2.52. The standard InChI is InChI=1S/C26H34N4/c1-4-8-28(9-5-1)10-11-29-22-6-2-3-7-23(22)30-18-24(27-25(29)30)26-15-19-12-20(16-26)14-21(13-19)17-26/h2-3,6-7,18-21H,1,4-5,8-17H2. The van der Waals surface area contributed by atoms with Crippen molar-refractivity contribution in [3.05, 3.63) is 36.2 Å². The Hall–Kier alpha value is -1.81. The fourth-order valence-corrected chi connectivity index (χ4v) is 8.07. The third-order valence-corrected chi connectivity index (χ3v) is 9.03. The molecule has 8 rings (SSSR count). The zero-order chi connectivity index (χ0) is 19.7. The number of likely N-dealkylation sites (tertiary alicyclic amines) is 1. The van der Waals surface area contributed by atoms with Crippen LogP contribution in [0.1, 0.15) is 63.5 Å². The zero-order valence-electron chi connectivity index (χ0n) is 18.1. The van der Waals surface area contributed by atoms with Crippen LogP contribution in [-0.2, 0) is 12.0 Å². The summed E-state index contributed by atoms with van der Waals surface area (Å²) >= 11 is 0. The summed E-state index contributed by atoms with van der Waals surface area (Å²) in [4.78, 5) is 8.06. The van der Waals surface area contributed by atoms with Gasteiger partial charge in [0, 0.05) is 24.7 Å². The summed E-state index contributed by atoms with van der Waals surface area (Å²) in [5, 5.41) is 0. The molecule has 3 heterocycles. The van der Waals surface area contributed by atoms with E-state index in [2.05, 4.69) is 44.3 Å². The molecule has 2 aromatic heterocycles. The highest BCUT2D eigenvalue weighted by molar-refractivity contribution is 5.81. The third kappa shape index (κ3) is 2.65. The van der Waals surface area contributed by atoms with E-state index in [0.717, 1.165) is 30.8 Å². The lowest BCUT2D eigenvalue weighted by Gasteiger charge is -2.56. The van der Waals surface area contributed by atoms with Gasteiger partial charge in [0.2, 0.25) is 5.78 Å².